The van der Waals surface area contributed by atoms with E-state index < -0.39 is 30.1 Å². The van der Waals surface area contributed by atoms with Crippen LogP contribution in [0.2, 0.25) is 0 Å². The number of nitrogens with zero attached hydrogens (tertiary/aromatic N) is 2. The van der Waals surface area contributed by atoms with Gasteiger partial charge in [0, 0.05) is 12.3 Å². The number of benzene rings is 1. The quantitative estimate of drug-likeness (QED) is 0.369. The SMILES string of the molecule is CC(C)(O)C(NC(=O)Nc1cc2[nH]nc(OCCOC(F)F)c2cn1)c1ccc(F)cc1. The fourth-order valence-electron chi connectivity index (χ4n) is 2.95. The molecule has 0 saturated carbocycles. The van der Waals surface area contributed by atoms with Crippen LogP contribution in [0.25, 0.3) is 10.9 Å². The van der Waals surface area contributed by atoms with Crippen LogP contribution in [0.3, 0.4) is 0 Å². The summed E-state index contributed by atoms with van der Waals surface area (Å²) in [7, 11) is 0. The minimum atomic E-state index is -2.88. The molecule has 4 N–H and O–H groups in total. The lowest BCUT2D eigenvalue weighted by Gasteiger charge is -2.30. The first kappa shape index (κ1) is 23.3. The molecule has 0 aliphatic carbocycles. The van der Waals surface area contributed by atoms with E-state index in [1.54, 1.807) is 0 Å². The van der Waals surface area contributed by atoms with Crippen molar-refractivity contribution in [2.24, 2.45) is 0 Å². The standard InChI is InChI=1S/C20H22F3N5O4/c1-20(2,30)16(11-3-5-12(21)6-4-11)26-19(29)25-15-9-14-13(10-24-15)17(28-27-14)31-7-8-32-18(22)23/h3-6,9-10,16,18,30H,7-8H2,1-2H3,(H,27,28)(H2,24,25,26,29). The highest BCUT2D eigenvalue weighted by atomic mass is 19.3. The summed E-state index contributed by atoms with van der Waals surface area (Å²) >= 11 is 0. The number of ether oxygens (including phenoxy) is 2. The van der Waals surface area contributed by atoms with E-state index in [1.165, 1.54) is 50.4 Å². The number of halogens is 3. The van der Waals surface area contributed by atoms with Crippen molar-refractivity contribution in [2.75, 3.05) is 18.5 Å². The number of amides is 2. The number of rotatable bonds is 9. The zero-order valence-corrected chi connectivity index (χ0v) is 17.2. The molecule has 0 saturated heterocycles. The number of urea groups is 1. The van der Waals surface area contributed by atoms with Crippen molar-refractivity contribution in [1.82, 2.24) is 20.5 Å². The molecule has 3 rings (SSSR count). The lowest BCUT2D eigenvalue weighted by molar-refractivity contribution is -0.133. The first-order chi connectivity index (χ1) is 15.1. The molecule has 0 spiro atoms. The molecule has 2 heterocycles. The van der Waals surface area contributed by atoms with Gasteiger partial charge in [0.05, 0.1) is 29.2 Å². The van der Waals surface area contributed by atoms with Crippen molar-refractivity contribution >= 4 is 22.8 Å². The predicted molar refractivity (Wildman–Crippen MR) is 109 cm³/mol. The van der Waals surface area contributed by atoms with E-state index in [-0.39, 0.29) is 24.9 Å². The summed E-state index contributed by atoms with van der Waals surface area (Å²) in [6.07, 6.45) is 1.39. The third-order valence-electron chi connectivity index (χ3n) is 4.41. The highest BCUT2D eigenvalue weighted by Gasteiger charge is 2.30. The van der Waals surface area contributed by atoms with Crippen LogP contribution in [-0.2, 0) is 4.74 Å². The van der Waals surface area contributed by atoms with Crippen molar-refractivity contribution < 1.29 is 32.5 Å². The van der Waals surface area contributed by atoms with Crippen molar-refractivity contribution in [2.45, 2.75) is 32.1 Å². The van der Waals surface area contributed by atoms with Crippen molar-refractivity contribution in [3.05, 3.63) is 47.9 Å². The highest BCUT2D eigenvalue weighted by molar-refractivity contribution is 5.92. The number of aromatic amines is 1. The monoisotopic (exact) mass is 453 g/mol. The van der Waals surface area contributed by atoms with E-state index in [0.717, 1.165) is 0 Å². The highest BCUT2D eigenvalue weighted by Crippen LogP contribution is 2.26. The third-order valence-corrected chi connectivity index (χ3v) is 4.41. The number of carbonyl (C=O) groups excluding carboxylic acids is 1. The molecule has 32 heavy (non-hydrogen) atoms. The Balaban J connectivity index is 1.66. The number of aromatic nitrogens is 3. The van der Waals surface area contributed by atoms with Crippen LogP contribution in [0, 0.1) is 5.82 Å². The summed E-state index contributed by atoms with van der Waals surface area (Å²) in [5.41, 5.74) is -0.336. The van der Waals surface area contributed by atoms with Crippen molar-refractivity contribution in [3.8, 4) is 5.88 Å². The van der Waals surface area contributed by atoms with E-state index in [2.05, 4.69) is 30.6 Å². The molecule has 9 nitrogen and oxygen atoms in total. The van der Waals surface area contributed by atoms with Gasteiger partial charge < -0.3 is 19.9 Å². The number of hydrogen-bond donors (Lipinski definition) is 4. The van der Waals surface area contributed by atoms with Crippen LogP contribution in [0.15, 0.2) is 36.5 Å². The van der Waals surface area contributed by atoms with E-state index in [0.29, 0.717) is 16.5 Å². The van der Waals surface area contributed by atoms with Crippen LogP contribution in [0.4, 0.5) is 23.8 Å². The molecule has 1 aromatic carbocycles. The van der Waals surface area contributed by atoms with E-state index >= 15 is 0 Å². The number of anilines is 1. The summed E-state index contributed by atoms with van der Waals surface area (Å²) in [6.45, 7) is -0.284. The summed E-state index contributed by atoms with van der Waals surface area (Å²) in [5, 5.41) is 22.8. The maximum absolute atomic E-state index is 13.2. The normalized spacial score (nSPS) is 12.7. The fourth-order valence-corrected chi connectivity index (χ4v) is 2.95. The van der Waals surface area contributed by atoms with Crippen molar-refractivity contribution in [1.29, 1.82) is 0 Å². The van der Waals surface area contributed by atoms with Gasteiger partial charge in [-0.1, -0.05) is 12.1 Å². The first-order valence-corrected chi connectivity index (χ1v) is 9.55. The number of pyridine rings is 1. The second-order valence-corrected chi connectivity index (χ2v) is 7.36. The lowest BCUT2D eigenvalue weighted by atomic mass is 9.92. The minimum Gasteiger partial charge on any atom is -0.474 e. The molecule has 2 aromatic heterocycles. The molecule has 1 atom stereocenters. The Kier molecular flexibility index (Phi) is 7.15. The maximum atomic E-state index is 13.2. The summed E-state index contributed by atoms with van der Waals surface area (Å²) in [5.74, 6) is -0.103. The number of H-pyrrole nitrogens is 1. The smallest absolute Gasteiger partial charge is 0.345 e. The van der Waals surface area contributed by atoms with Gasteiger partial charge in [-0.25, -0.2) is 14.2 Å². The van der Waals surface area contributed by atoms with Crippen LogP contribution in [0.1, 0.15) is 25.5 Å². The van der Waals surface area contributed by atoms with Crippen LogP contribution in [0.5, 0.6) is 5.88 Å². The number of fused-ring (bicyclic) bond motifs is 1. The third kappa shape index (κ3) is 6.08. The maximum Gasteiger partial charge on any atom is 0.345 e. The number of aliphatic hydroxyl groups is 1. The molecule has 3 aromatic rings. The topological polar surface area (TPSA) is 121 Å². The second kappa shape index (κ2) is 9.83. The molecule has 0 bridgehead atoms. The Bertz CT molecular complexity index is 1050. The average Bonchev–Trinajstić information content (AvgIpc) is 3.11. The molecule has 0 aliphatic heterocycles. The molecule has 0 aliphatic rings. The number of alkyl halides is 2. The fraction of sp³-hybridized carbons (Fsp3) is 0.350. The molecule has 172 valence electrons. The Hall–Kier alpha value is -3.38. The molecule has 12 heteroatoms. The minimum absolute atomic E-state index is 0.131. The number of carbonyl (C=O) groups is 1. The molecular weight excluding hydrogens is 431 g/mol. The molecule has 0 fully saturated rings. The van der Waals surface area contributed by atoms with Gasteiger partial charge in [-0.3, -0.25) is 10.4 Å². The van der Waals surface area contributed by atoms with Crippen LogP contribution in [-0.4, -0.2) is 51.7 Å². The predicted octanol–water partition coefficient (Wildman–Crippen LogP) is 3.35. The lowest BCUT2D eigenvalue weighted by Crippen LogP contribution is -2.43. The van der Waals surface area contributed by atoms with E-state index in [4.69, 9.17) is 4.74 Å². The van der Waals surface area contributed by atoms with E-state index in [9.17, 15) is 23.1 Å². The largest absolute Gasteiger partial charge is 0.474 e. The van der Waals surface area contributed by atoms with Crippen LogP contribution < -0.4 is 15.4 Å². The summed E-state index contributed by atoms with van der Waals surface area (Å²) < 4.78 is 46.6. The zero-order chi connectivity index (χ0) is 23.3. The van der Waals surface area contributed by atoms with Crippen molar-refractivity contribution in [3.63, 3.8) is 0 Å². The Morgan fingerprint density at radius 3 is 2.62 bits per heavy atom. The Labute approximate surface area is 180 Å². The van der Waals surface area contributed by atoms with Gasteiger partial charge in [-0.05, 0) is 31.5 Å². The van der Waals surface area contributed by atoms with Gasteiger partial charge in [0.25, 0.3) is 0 Å². The van der Waals surface area contributed by atoms with Gasteiger partial charge >= 0.3 is 12.6 Å². The Morgan fingerprint density at radius 1 is 1.25 bits per heavy atom. The van der Waals surface area contributed by atoms with Gasteiger partial charge in [0.1, 0.15) is 18.2 Å². The van der Waals surface area contributed by atoms with Gasteiger partial charge in [-0.2, -0.15) is 8.78 Å². The molecule has 0 radical (unpaired) electrons. The average molecular weight is 453 g/mol. The zero-order valence-electron chi connectivity index (χ0n) is 17.2. The van der Waals surface area contributed by atoms with Gasteiger partial charge in [0.15, 0.2) is 0 Å². The van der Waals surface area contributed by atoms with E-state index in [1.807, 2.05) is 0 Å². The number of hydrogen-bond acceptors (Lipinski definition) is 6. The summed E-state index contributed by atoms with van der Waals surface area (Å²) in [6, 6.07) is 5.45. The Morgan fingerprint density at radius 2 is 1.97 bits per heavy atom. The summed E-state index contributed by atoms with van der Waals surface area (Å²) in [4.78, 5) is 16.6. The van der Waals surface area contributed by atoms with Gasteiger partial charge in [-0.15, -0.1) is 5.10 Å². The van der Waals surface area contributed by atoms with Gasteiger partial charge in [0.2, 0.25) is 5.88 Å². The molecular formula is C20H22F3N5O4. The molecule has 1 unspecified atom stereocenters. The van der Waals surface area contributed by atoms with Crippen LogP contribution >= 0.6 is 0 Å². The second-order valence-electron chi connectivity index (χ2n) is 7.36. The molecule has 2 amide bonds. The number of nitrogens with one attached hydrogen (secondary N) is 3. The first-order valence-electron chi connectivity index (χ1n) is 9.55.